The smallest absolute Gasteiger partial charge is 0.317 e. The maximum absolute atomic E-state index is 12.2. The van der Waals surface area contributed by atoms with Gasteiger partial charge in [-0.2, -0.15) is 0 Å². The predicted octanol–water partition coefficient (Wildman–Crippen LogP) is 1.53. The normalized spacial score (nSPS) is 19.8. The zero-order valence-corrected chi connectivity index (χ0v) is 14.8. The van der Waals surface area contributed by atoms with E-state index in [1.54, 1.807) is 12.1 Å². The lowest BCUT2D eigenvalue weighted by molar-refractivity contribution is -0.145. The van der Waals surface area contributed by atoms with E-state index in [4.69, 9.17) is 31.2 Å². The molecule has 8 heteroatoms. The third kappa shape index (κ3) is 3.09. The lowest BCUT2D eigenvalue weighted by Crippen LogP contribution is -2.50. The van der Waals surface area contributed by atoms with Crippen molar-refractivity contribution in [2.75, 3.05) is 28.4 Å². The summed E-state index contributed by atoms with van der Waals surface area (Å²) in [4.78, 5) is 12.2. The van der Waals surface area contributed by atoms with E-state index in [0.717, 1.165) is 0 Å². The molecule has 0 radical (unpaired) electrons. The Kier molecular flexibility index (Phi) is 5.50. The van der Waals surface area contributed by atoms with Gasteiger partial charge in [0.15, 0.2) is 16.6 Å². The molecule has 130 valence electrons. The number of ether oxygens (including phenoxy) is 4. The molecule has 0 saturated carbocycles. The van der Waals surface area contributed by atoms with Gasteiger partial charge in [-0.05, 0) is 24.4 Å². The lowest BCUT2D eigenvalue weighted by Gasteiger charge is -2.35. The summed E-state index contributed by atoms with van der Waals surface area (Å²) in [6, 6.07) is 3.00. The first-order chi connectivity index (χ1) is 11.5. The Morgan fingerprint density at radius 1 is 1.12 bits per heavy atom. The van der Waals surface area contributed by atoms with Crippen LogP contribution in [0.5, 0.6) is 17.2 Å². The molecule has 0 aliphatic carbocycles. The van der Waals surface area contributed by atoms with Gasteiger partial charge in [-0.3, -0.25) is 4.79 Å². The van der Waals surface area contributed by atoms with Crippen molar-refractivity contribution in [3.8, 4) is 17.2 Å². The first-order valence-electron chi connectivity index (χ1n) is 7.11. The Labute approximate surface area is 145 Å². The van der Waals surface area contributed by atoms with Gasteiger partial charge in [-0.25, -0.2) is 0 Å². The number of rotatable bonds is 5. The Morgan fingerprint density at radius 2 is 1.79 bits per heavy atom. The molecule has 24 heavy (non-hydrogen) atoms. The van der Waals surface area contributed by atoms with Gasteiger partial charge in [0.1, 0.15) is 5.92 Å². The number of hydrogen-bond donors (Lipinski definition) is 2. The largest absolute Gasteiger partial charge is 0.493 e. The molecule has 1 aliphatic heterocycles. The van der Waals surface area contributed by atoms with Gasteiger partial charge in [-0.15, -0.1) is 0 Å². The number of esters is 1. The zero-order chi connectivity index (χ0) is 17.9. The quantitative estimate of drug-likeness (QED) is 0.610. The molecule has 1 heterocycles. The van der Waals surface area contributed by atoms with Crippen LogP contribution in [0.4, 0.5) is 0 Å². The second-order valence-electron chi connectivity index (χ2n) is 5.03. The summed E-state index contributed by atoms with van der Waals surface area (Å²) < 4.78 is 21.1. The van der Waals surface area contributed by atoms with Crippen molar-refractivity contribution in [3.05, 3.63) is 30.0 Å². The van der Waals surface area contributed by atoms with E-state index in [-0.39, 0.29) is 0 Å². The summed E-state index contributed by atoms with van der Waals surface area (Å²) in [6.45, 7) is 3.89. The molecule has 1 aromatic carbocycles. The number of thiocarbonyl (C=S) groups is 1. The van der Waals surface area contributed by atoms with Crippen molar-refractivity contribution in [2.24, 2.45) is 5.92 Å². The van der Waals surface area contributed by atoms with Gasteiger partial charge in [0.2, 0.25) is 5.75 Å². The molecule has 2 N–H and O–H groups in total. The van der Waals surface area contributed by atoms with Crippen LogP contribution < -0.4 is 24.8 Å². The number of nitrogens with one attached hydrogen (secondary N) is 2. The van der Waals surface area contributed by atoms with E-state index in [9.17, 15) is 4.79 Å². The van der Waals surface area contributed by atoms with E-state index >= 15 is 0 Å². The molecule has 7 nitrogen and oxygen atoms in total. The standard InChI is InChI=1S/C16H20N2O5S/c1-8-11(15(19)23-5)12(18-16(24)17-8)9-6-7-10(20-2)14(22-4)13(9)21-3/h6-7,11-12H,1H2,2-5H3,(H2,17,18,24)/t11-,12+/m0/s1. The lowest BCUT2D eigenvalue weighted by atomic mass is 9.88. The molecule has 1 aliphatic rings. The van der Waals surface area contributed by atoms with Gasteiger partial charge in [-0.1, -0.05) is 6.58 Å². The van der Waals surface area contributed by atoms with Gasteiger partial charge in [0, 0.05) is 11.3 Å². The summed E-state index contributed by atoms with van der Waals surface area (Å²) in [5, 5.41) is 6.30. The second kappa shape index (κ2) is 7.39. The Morgan fingerprint density at radius 3 is 2.33 bits per heavy atom. The third-order valence-electron chi connectivity index (χ3n) is 3.79. The van der Waals surface area contributed by atoms with Crippen molar-refractivity contribution < 1.29 is 23.7 Å². The average Bonchev–Trinajstić information content (AvgIpc) is 2.58. The van der Waals surface area contributed by atoms with E-state index < -0.39 is 17.9 Å². The molecule has 1 fully saturated rings. The molecule has 0 unspecified atom stereocenters. The Bertz CT molecular complexity index is 677. The first kappa shape index (κ1) is 17.9. The summed E-state index contributed by atoms with van der Waals surface area (Å²) in [6.07, 6.45) is 0. The van der Waals surface area contributed by atoms with Crippen molar-refractivity contribution in [3.63, 3.8) is 0 Å². The Balaban J connectivity index is 2.60. The molecule has 0 aromatic heterocycles. The van der Waals surface area contributed by atoms with E-state index in [1.807, 2.05) is 0 Å². The maximum atomic E-state index is 12.2. The van der Waals surface area contributed by atoms with Crippen molar-refractivity contribution in [2.45, 2.75) is 6.04 Å². The Hall–Kier alpha value is -2.48. The van der Waals surface area contributed by atoms with Crippen LogP contribution in [0.15, 0.2) is 24.4 Å². The van der Waals surface area contributed by atoms with Crippen LogP contribution in [-0.2, 0) is 9.53 Å². The monoisotopic (exact) mass is 352 g/mol. The zero-order valence-electron chi connectivity index (χ0n) is 14.0. The van der Waals surface area contributed by atoms with Gasteiger partial charge in [0.25, 0.3) is 0 Å². The average molecular weight is 352 g/mol. The molecule has 1 saturated heterocycles. The van der Waals surface area contributed by atoms with Gasteiger partial charge < -0.3 is 29.6 Å². The maximum Gasteiger partial charge on any atom is 0.317 e. The second-order valence-corrected chi connectivity index (χ2v) is 5.43. The SMILES string of the molecule is C=C1NC(=S)N[C@H](c2ccc(OC)c(OC)c2OC)[C@H]1C(=O)OC. The minimum absolute atomic E-state index is 0.363. The molecule has 0 spiro atoms. The molecule has 2 rings (SSSR count). The highest BCUT2D eigenvalue weighted by atomic mass is 32.1. The number of carbonyl (C=O) groups is 1. The van der Waals surface area contributed by atoms with Crippen molar-refractivity contribution >= 4 is 23.3 Å². The van der Waals surface area contributed by atoms with Crippen LogP contribution >= 0.6 is 12.2 Å². The summed E-state index contributed by atoms with van der Waals surface area (Å²) in [5.41, 5.74) is 1.13. The fourth-order valence-electron chi connectivity index (χ4n) is 2.72. The molecule has 2 atom stereocenters. The molecule has 0 bridgehead atoms. The van der Waals surface area contributed by atoms with E-state index in [0.29, 0.717) is 33.6 Å². The van der Waals surface area contributed by atoms with Crippen molar-refractivity contribution in [1.29, 1.82) is 0 Å². The van der Waals surface area contributed by atoms with E-state index in [2.05, 4.69) is 17.2 Å². The van der Waals surface area contributed by atoms with Crippen LogP contribution in [0.1, 0.15) is 11.6 Å². The highest BCUT2D eigenvalue weighted by Crippen LogP contribution is 2.45. The van der Waals surface area contributed by atoms with Crippen LogP contribution in [0.3, 0.4) is 0 Å². The summed E-state index contributed by atoms with van der Waals surface area (Å²) >= 11 is 5.19. The van der Waals surface area contributed by atoms with Crippen LogP contribution in [0.2, 0.25) is 0 Å². The van der Waals surface area contributed by atoms with Gasteiger partial charge >= 0.3 is 5.97 Å². The molecular weight excluding hydrogens is 332 g/mol. The first-order valence-corrected chi connectivity index (χ1v) is 7.52. The van der Waals surface area contributed by atoms with E-state index in [1.165, 1.54) is 28.4 Å². The highest BCUT2D eigenvalue weighted by Gasteiger charge is 2.39. The van der Waals surface area contributed by atoms with Crippen molar-refractivity contribution in [1.82, 2.24) is 10.6 Å². The highest BCUT2D eigenvalue weighted by molar-refractivity contribution is 7.80. The predicted molar refractivity (Wildman–Crippen MR) is 92.4 cm³/mol. The summed E-state index contributed by atoms with van der Waals surface area (Å²) in [5.74, 6) is 0.264. The van der Waals surface area contributed by atoms with Crippen LogP contribution in [0, 0.1) is 5.92 Å². The number of hydrogen-bond acceptors (Lipinski definition) is 6. The van der Waals surface area contributed by atoms with Crippen LogP contribution in [-0.4, -0.2) is 39.5 Å². The number of benzene rings is 1. The molecule has 1 aromatic rings. The van der Waals surface area contributed by atoms with Crippen LogP contribution in [0.25, 0.3) is 0 Å². The topological polar surface area (TPSA) is 78.0 Å². The number of methoxy groups -OCH3 is 4. The molecule has 0 amide bonds. The fourth-order valence-corrected chi connectivity index (χ4v) is 2.98. The molecular formula is C16H20N2O5S. The third-order valence-corrected chi connectivity index (χ3v) is 4.01. The minimum Gasteiger partial charge on any atom is -0.493 e. The van der Waals surface area contributed by atoms with Gasteiger partial charge in [0.05, 0.1) is 34.5 Å². The number of carbonyl (C=O) groups excluding carboxylic acids is 1. The minimum atomic E-state index is -0.686. The fraction of sp³-hybridized carbons (Fsp3) is 0.375. The summed E-state index contributed by atoms with van der Waals surface area (Å²) in [7, 11) is 5.89.